The highest BCUT2D eigenvalue weighted by Gasteiger charge is 2.05. The molecule has 0 radical (unpaired) electrons. The summed E-state index contributed by atoms with van der Waals surface area (Å²) in [5.74, 6) is 0.660. The van der Waals surface area contributed by atoms with Gasteiger partial charge in [0.1, 0.15) is 12.4 Å². The third kappa shape index (κ3) is 2.94. The van der Waals surface area contributed by atoms with Crippen LogP contribution in [-0.2, 0) is 13.2 Å². The molecule has 2 aromatic carbocycles. The fourth-order valence-electron chi connectivity index (χ4n) is 1.61. The van der Waals surface area contributed by atoms with Gasteiger partial charge >= 0.3 is 0 Å². The maximum Gasteiger partial charge on any atom is 0.125 e. The molecule has 0 spiro atoms. The normalized spacial score (nSPS) is 10.3. The number of hydrogen-bond donors (Lipinski definition) is 2. The van der Waals surface area contributed by atoms with Crippen LogP contribution in [0.2, 0.25) is 5.02 Å². The Kier molecular flexibility index (Phi) is 4.07. The molecule has 0 fully saturated rings. The lowest BCUT2D eigenvalue weighted by molar-refractivity contribution is 0.259. The molecular weight excluding hydrogens is 250 g/mol. The lowest BCUT2D eigenvalue weighted by Gasteiger charge is -2.11. The minimum atomic E-state index is -0.0500. The third-order valence-electron chi connectivity index (χ3n) is 2.60. The molecule has 0 aromatic heterocycles. The summed E-state index contributed by atoms with van der Waals surface area (Å²) >= 11 is 6.06. The summed E-state index contributed by atoms with van der Waals surface area (Å²) in [5.41, 5.74) is 7.86. The standard InChI is InChI=1S/C14H14ClNO2/c15-13-7-12(16)6-5-11(13)9-18-14-4-2-1-3-10(14)8-17/h1-7,17H,8-9,16H2. The molecule has 0 aliphatic heterocycles. The van der Waals surface area contributed by atoms with Crippen molar-refractivity contribution in [2.24, 2.45) is 0 Å². The molecule has 0 amide bonds. The first kappa shape index (κ1) is 12.7. The number of aliphatic hydroxyl groups excluding tert-OH is 1. The largest absolute Gasteiger partial charge is 0.488 e. The number of para-hydroxylation sites is 1. The highest BCUT2D eigenvalue weighted by Crippen LogP contribution is 2.23. The molecule has 3 nitrogen and oxygen atoms in total. The van der Waals surface area contributed by atoms with Crippen LogP contribution in [0.4, 0.5) is 5.69 Å². The van der Waals surface area contributed by atoms with Crippen molar-refractivity contribution in [2.75, 3.05) is 5.73 Å². The predicted octanol–water partition coefficient (Wildman–Crippen LogP) is 2.99. The van der Waals surface area contributed by atoms with Crippen molar-refractivity contribution in [3.63, 3.8) is 0 Å². The molecule has 3 N–H and O–H groups in total. The smallest absolute Gasteiger partial charge is 0.125 e. The van der Waals surface area contributed by atoms with Crippen molar-refractivity contribution in [1.29, 1.82) is 0 Å². The molecule has 94 valence electrons. The van der Waals surface area contributed by atoms with E-state index >= 15 is 0 Å². The van der Waals surface area contributed by atoms with E-state index in [2.05, 4.69) is 0 Å². The number of benzene rings is 2. The van der Waals surface area contributed by atoms with E-state index in [4.69, 9.17) is 22.1 Å². The number of halogens is 1. The highest BCUT2D eigenvalue weighted by atomic mass is 35.5. The monoisotopic (exact) mass is 263 g/mol. The quantitative estimate of drug-likeness (QED) is 0.834. The maximum absolute atomic E-state index is 9.18. The fourth-order valence-corrected chi connectivity index (χ4v) is 1.85. The molecule has 0 unspecified atom stereocenters. The Morgan fingerprint density at radius 2 is 1.89 bits per heavy atom. The second kappa shape index (κ2) is 5.76. The summed E-state index contributed by atoms with van der Waals surface area (Å²) in [7, 11) is 0. The van der Waals surface area contributed by atoms with E-state index in [-0.39, 0.29) is 6.61 Å². The van der Waals surface area contributed by atoms with Gasteiger partial charge in [0.05, 0.1) is 6.61 Å². The van der Waals surface area contributed by atoms with Crippen LogP contribution in [0.3, 0.4) is 0 Å². The lowest BCUT2D eigenvalue weighted by Crippen LogP contribution is -1.99. The van der Waals surface area contributed by atoms with E-state index in [1.54, 1.807) is 12.1 Å². The van der Waals surface area contributed by atoms with Crippen molar-refractivity contribution < 1.29 is 9.84 Å². The molecule has 0 heterocycles. The molecule has 0 saturated carbocycles. The Balaban J connectivity index is 2.11. The van der Waals surface area contributed by atoms with E-state index in [0.717, 1.165) is 11.1 Å². The van der Waals surface area contributed by atoms with Gasteiger partial charge in [-0.3, -0.25) is 0 Å². The summed E-state index contributed by atoms with van der Waals surface area (Å²) in [4.78, 5) is 0. The second-order valence-electron chi connectivity index (χ2n) is 3.91. The van der Waals surface area contributed by atoms with Crippen LogP contribution < -0.4 is 10.5 Å². The maximum atomic E-state index is 9.18. The summed E-state index contributed by atoms with van der Waals surface area (Å²) < 4.78 is 5.65. The molecule has 4 heteroatoms. The topological polar surface area (TPSA) is 55.5 Å². The number of aliphatic hydroxyl groups is 1. The van der Waals surface area contributed by atoms with E-state index in [9.17, 15) is 5.11 Å². The van der Waals surface area contributed by atoms with Gasteiger partial charge in [-0.25, -0.2) is 0 Å². The van der Waals surface area contributed by atoms with Crippen molar-refractivity contribution in [3.05, 3.63) is 58.6 Å². The van der Waals surface area contributed by atoms with Crippen molar-refractivity contribution in [1.82, 2.24) is 0 Å². The molecule has 2 aromatic rings. The van der Waals surface area contributed by atoms with Crippen LogP contribution >= 0.6 is 11.6 Å². The van der Waals surface area contributed by atoms with E-state index in [1.807, 2.05) is 30.3 Å². The van der Waals surface area contributed by atoms with Crippen LogP contribution in [0.25, 0.3) is 0 Å². The number of nitrogens with two attached hydrogens (primary N) is 1. The zero-order valence-corrected chi connectivity index (χ0v) is 10.5. The average molecular weight is 264 g/mol. The molecule has 0 aliphatic carbocycles. The third-order valence-corrected chi connectivity index (χ3v) is 2.96. The Morgan fingerprint density at radius 3 is 2.61 bits per heavy atom. The zero-order valence-electron chi connectivity index (χ0n) is 9.77. The number of hydrogen-bond acceptors (Lipinski definition) is 3. The van der Waals surface area contributed by atoms with Crippen LogP contribution in [-0.4, -0.2) is 5.11 Å². The molecule has 0 saturated heterocycles. The summed E-state index contributed by atoms with van der Waals surface area (Å²) in [6, 6.07) is 12.7. The summed E-state index contributed by atoms with van der Waals surface area (Å²) in [6.07, 6.45) is 0. The molecular formula is C14H14ClNO2. The Morgan fingerprint density at radius 1 is 1.11 bits per heavy atom. The van der Waals surface area contributed by atoms with Gasteiger partial charge in [-0.1, -0.05) is 35.9 Å². The van der Waals surface area contributed by atoms with Gasteiger partial charge in [-0.2, -0.15) is 0 Å². The van der Waals surface area contributed by atoms with Crippen LogP contribution in [0.15, 0.2) is 42.5 Å². The minimum absolute atomic E-state index is 0.0500. The van der Waals surface area contributed by atoms with E-state index in [1.165, 1.54) is 0 Å². The van der Waals surface area contributed by atoms with Gasteiger partial charge in [0.25, 0.3) is 0 Å². The first-order chi connectivity index (χ1) is 8.70. The molecule has 0 aliphatic rings. The van der Waals surface area contributed by atoms with Crippen molar-refractivity contribution >= 4 is 17.3 Å². The zero-order chi connectivity index (χ0) is 13.0. The predicted molar refractivity (Wildman–Crippen MR) is 72.6 cm³/mol. The van der Waals surface area contributed by atoms with E-state index in [0.29, 0.717) is 23.1 Å². The summed E-state index contributed by atoms with van der Waals surface area (Å²) in [5, 5.41) is 9.76. The minimum Gasteiger partial charge on any atom is -0.488 e. The van der Waals surface area contributed by atoms with Crippen molar-refractivity contribution in [3.8, 4) is 5.75 Å². The Bertz CT molecular complexity index is 543. The lowest BCUT2D eigenvalue weighted by atomic mass is 10.2. The summed E-state index contributed by atoms with van der Waals surface area (Å²) in [6.45, 7) is 0.293. The van der Waals surface area contributed by atoms with Gasteiger partial charge in [0.15, 0.2) is 0 Å². The number of nitrogen functional groups attached to an aromatic ring is 1. The van der Waals surface area contributed by atoms with Gasteiger partial charge in [0.2, 0.25) is 0 Å². The first-order valence-electron chi connectivity index (χ1n) is 5.56. The van der Waals surface area contributed by atoms with Crippen LogP contribution in [0, 0.1) is 0 Å². The van der Waals surface area contributed by atoms with Gasteiger partial charge in [-0.15, -0.1) is 0 Å². The molecule has 18 heavy (non-hydrogen) atoms. The SMILES string of the molecule is Nc1ccc(COc2ccccc2CO)c(Cl)c1. The number of anilines is 1. The fraction of sp³-hybridized carbons (Fsp3) is 0.143. The van der Waals surface area contributed by atoms with Crippen molar-refractivity contribution in [2.45, 2.75) is 13.2 Å². The van der Waals surface area contributed by atoms with Gasteiger partial charge in [0, 0.05) is 21.8 Å². The van der Waals surface area contributed by atoms with E-state index < -0.39 is 0 Å². The van der Waals surface area contributed by atoms with Crippen LogP contribution in [0.1, 0.15) is 11.1 Å². The second-order valence-corrected chi connectivity index (χ2v) is 4.31. The first-order valence-corrected chi connectivity index (χ1v) is 5.94. The number of ether oxygens (including phenoxy) is 1. The van der Waals surface area contributed by atoms with Gasteiger partial charge < -0.3 is 15.6 Å². The Labute approximate surface area is 111 Å². The number of rotatable bonds is 4. The van der Waals surface area contributed by atoms with Gasteiger partial charge in [-0.05, 0) is 18.2 Å². The Hall–Kier alpha value is -1.71. The molecule has 0 atom stereocenters. The highest BCUT2D eigenvalue weighted by molar-refractivity contribution is 6.31. The molecule has 0 bridgehead atoms. The van der Waals surface area contributed by atoms with Crippen LogP contribution in [0.5, 0.6) is 5.75 Å². The average Bonchev–Trinajstić information content (AvgIpc) is 2.38. The molecule has 2 rings (SSSR count).